The van der Waals surface area contributed by atoms with Crippen molar-refractivity contribution in [3.05, 3.63) is 83.1 Å². The summed E-state index contributed by atoms with van der Waals surface area (Å²) in [6.07, 6.45) is 12.1. The minimum absolute atomic E-state index is 0.108. The average Bonchev–Trinajstić information content (AvgIpc) is 3.65. The Hall–Kier alpha value is -4.34. The number of H-pyrrole nitrogens is 1. The van der Waals surface area contributed by atoms with E-state index in [-0.39, 0.29) is 5.69 Å². The standard InChI is InChI=1S/C27H31N9O/c1-4-5-8-21-18-36(26-29-13-14-34(26)16-19(2)3)27(37)35(21)17-20-15-28-12-11-22(20)23-9-6-7-10-24(23)25-30-32-33-31-25/h6-7,9-15,18-19H,4-5,8,16-17H2,1-3H3,(H,30,31,32,33). The largest absolute Gasteiger partial charge is 0.335 e. The maximum Gasteiger partial charge on any atom is 0.335 e. The highest BCUT2D eigenvalue weighted by Crippen LogP contribution is 2.32. The quantitative estimate of drug-likeness (QED) is 0.311. The summed E-state index contributed by atoms with van der Waals surface area (Å²) in [6.45, 7) is 7.64. The van der Waals surface area contributed by atoms with E-state index in [1.807, 2.05) is 58.1 Å². The highest BCUT2D eigenvalue weighted by molar-refractivity contribution is 5.81. The second-order valence-corrected chi connectivity index (χ2v) is 9.55. The van der Waals surface area contributed by atoms with Crippen molar-refractivity contribution in [1.29, 1.82) is 0 Å². The van der Waals surface area contributed by atoms with E-state index in [0.29, 0.717) is 24.2 Å². The van der Waals surface area contributed by atoms with Gasteiger partial charge in [-0.2, -0.15) is 5.21 Å². The van der Waals surface area contributed by atoms with E-state index < -0.39 is 0 Å². The lowest BCUT2D eigenvalue weighted by atomic mass is 9.96. The number of aryl methyl sites for hydroxylation is 1. The predicted molar refractivity (Wildman–Crippen MR) is 141 cm³/mol. The molecule has 0 aliphatic heterocycles. The second-order valence-electron chi connectivity index (χ2n) is 9.55. The van der Waals surface area contributed by atoms with Crippen LogP contribution in [-0.4, -0.2) is 44.3 Å². The molecule has 10 nitrogen and oxygen atoms in total. The van der Waals surface area contributed by atoms with E-state index in [4.69, 9.17) is 0 Å². The molecule has 0 saturated carbocycles. The zero-order valence-corrected chi connectivity index (χ0v) is 21.4. The normalized spacial score (nSPS) is 11.5. The Balaban J connectivity index is 1.59. The lowest BCUT2D eigenvalue weighted by molar-refractivity contribution is 0.513. The summed E-state index contributed by atoms with van der Waals surface area (Å²) in [5.41, 5.74) is 4.59. The summed E-state index contributed by atoms with van der Waals surface area (Å²) >= 11 is 0. The van der Waals surface area contributed by atoms with E-state index in [9.17, 15) is 4.79 Å². The molecular weight excluding hydrogens is 466 g/mol. The SMILES string of the molecule is CCCCc1cn(-c2nccn2CC(C)C)c(=O)n1Cc1cnccc1-c1ccccc1-c1nn[nH]n1. The van der Waals surface area contributed by atoms with Crippen LogP contribution in [0.2, 0.25) is 0 Å². The van der Waals surface area contributed by atoms with Gasteiger partial charge >= 0.3 is 5.69 Å². The zero-order chi connectivity index (χ0) is 25.8. The third-order valence-corrected chi connectivity index (χ3v) is 6.35. The smallest absolute Gasteiger partial charge is 0.316 e. The predicted octanol–water partition coefficient (Wildman–Crippen LogP) is 4.12. The van der Waals surface area contributed by atoms with Crippen LogP contribution in [0, 0.1) is 5.92 Å². The molecule has 5 rings (SSSR count). The van der Waals surface area contributed by atoms with E-state index in [0.717, 1.165) is 53.8 Å². The minimum atomic E-state index is -0.108. The molecule has 0 amide bonds. The summed E-state index contributed by atoms with van der Waals surface area (Å²) < 4.78 is 5.56. The molecule has 0 aliphatic carbocycles. The van der Waals surface area contributed by atoms with Crippen molar-refractivity contribution in [3.8, 4) is 28.5 Å². The van der Waals surface area contributed by atoms with Gasteiger partial charge in [0.1, 0.15) is 0 Å². The van der Waals surface area contributed by atoms with Gasteiger partial charge < -0.3 is 4.57 Å². The van der Waals surface area contributed by atoms with Crippen LogP contribution in [0.3, 0.4) is 0 Å². The highest BCUT2D eigenvalue weighted by atomic mass is 16.1. The molecular formula is C27H31N9O. The summed E-state index contributed by atoms with van der Waals surface area (Å²) in [5.74, 6) is 1.59. The van der Waals surface area contributed by atoms with Gasteiger partial charge in [-0.25, -0.2) is 14.3 Å². The van der Waals surface area contributed by atoms with Crippen molar-refractivity contribution >= 4 is 0 Å². The van der Waals surface area contributed by atoms with Crippen LogP contribution in [-0.2, 0) is 19.5 Å². The fraction of sp³-hybridized carbons (Fsp3) is 0.333. The van der Waals surface area contributed by atoms with Gasteiger partial charge in [-0.3, -0.25) is 9.55 Å². The van der Waals surface area contributed by atoms with Gasteiger partial charge in [-0.15, -0.1) is 10.2 Å². The van der Waals surface area contributed by atoms with Gasteiger partial charge in [0.15, 0.2) is 0 Å². The number of hydrogen-bond donors (Lipinski definition) is 1. The van der Waals surface area contributed by atoms with Crippen molar-refractivity contribution in [2.45, 2.75) is 53.1 Å². The maximum atomic E-state index is 13.8. The number of benzene rings is 1. The Morgan fingerprint density at radius 1 is 1.05 bits per heavy atom. The number of imidazole rings is 2. The monoisotopic (exact) mass is 497 g/mol. The van der Waals surface area contributed by atoms with Crippen molar-refractivity contribution in [2.75, 3.05) is 0 Å². The topological polar surface area (TPSA) is 112 Å². The molecule has 0 saturated heterocycles. The van der Waals surface area contributed by atoms with Gasteiger partial charge in [0.2, 0.25) is 11.8 Å². The first-order valence-corrected chi connectivity index (χ1v) is 12.7. The van der Waals surface area contributed by atoms with Crippen molar-refractivity contribution in [1.82, 2.24) is 44.3 Å². The molecule has 0 unspecified atom stereocenters. The van der Waals surface area contributed by atoms with E-state index >= 15 is 0 Å². The molecule has 0 radical (unpaired) electrons. The molecule has 0 atom stereocenters. The molecule has 190 valence electrons. The number of aromatic nitrogens is 9. The minimum Gasteiger partial charge on any atom is -0.316 e. The average molecular weight is 498 g/mol. The van der Waals surface area contributed by atoms with E-state index in [1.165, 1.54) is 0 Å². The number of aromatic amines is 1. The molecule has 4 heterocycles. The van der Waals surface area contributed by atoms with Gasteiger partial charge in [0.25, 0.3) is 0 Å². The maximum absolute atomic E-state index is 13.8. The van der Waals surface area contributed by atoms with Crippen LogP contribution in [0.1, 0.15) is 44.9 Å². The second kappa shape index (κ2) is 10.7. The van der Waals surface area contributed by atoms with Gasteiger partial charge in [-0.1, -0.05) is 51.5 Å². The first-order chi connectivity index (χ1) is 18.1. The van der Waals surface area contributed by atoms with Crippen LogP contribution in [0.15, 0.2) is 66.1 Å². The molecule has 4 aromatic heterocycles. The van der Waals surface area contributed by atoms with Crippen LogP contribution in [0.5, 0.6) is 0 Å². The lowest BCUT2D eigenvalue weighted by Gasteiger charge is -2.14. The van der Waals surface area contributed by atoms with Crippen LogP contribution < -0.4 is 5.69 Å². The van der Waals surface area contributed by atoms with Crippen molar-refractivity contribution in [2.24, 2.45) is 5.92 Å². The zero-order valence-electron chi connectivity index (χ0n) is 21.4. The van der Waals surface area contributed by atoms with Crippen molar-refractivity contribution in [3.63, 3.8) is 0 Å². The Bertz CT molecular complexity index is 1530. The fourth-order valence-electron chi connectivity index (χ4n) is 4.63. The van der Waals surface area contributed by atoms with Crippen LogP contribution in [0.25, 0.3) is 28.5 Å². The van der Waals surface area contributed by atoms with Gasteiger partial charge in [0, 0.05) is 48.8 Å². The third-order valence-electron chi connectivity index (χ3n) is 6.35. The first kappa shape index (κ1) is 24.4. The van der Waals surface area contributed by atoms with E-state index in [1.54, 1.807) is 17.0 Å². The van der Waals surface area contributed by atoms with Crippen LogP contribution in [0.4, 0.5) is 0 Å². The summed E-state index contributed by atoms with van der Waals surface area (Å²) in [6, 6.07) is 9.89. The Morgan fingerprint density at radius 3 is 2.65 bits per heavy atom. The van der Waals surface area contributed by atoms with Crippen LogP contribution >= 0.6 is 0 Å². The Morgan fingerprint density at radius 2 is 1.89 bits per heavy atom. The summed E-state index contributed by atoms with van der Waals surface area (Å²) in [5, 5.41) is 14.6. The molecule has 0 fully saturated rings. The number of pyridine rings is 1. The molecule has 0 aliphatic rings. The number of nitrogens with zero attached hydrogens (tertiary/aromatic N) is 8. The Kier molecular flexibility index (Phi) is 7.07. The summed E-state index contributed by atoms with van der Waals surface area (Å²) in [4.78, 5) is 22.7. The van der Waals surface area contributed by atoms with Gasteiger partial charge in [0.05, 0.1) is 6.54 Å². The molecule has 1 N–H and O–H groups in total. The van der Waals surface area contributed by atoms with Crippen molar-refractivity contribution < 1.29 is 0 Å². The Labute approximate surface area is 215 Å². The fourth-order valence-corrected chi connectivity index (χ4v) is 4.63. The van der Waals surface area contributed by atoms with Gasteiger partial charge in [-0.05, 0) is 46.7 Å². The van der Waals surface area contributed by atoms with E-state index in [2.05, 4.69) is 51.4 Å². The number of rotatable bonds is 10. The highest BCUT2D eigenvalue weighted by Gasteiger charge is 2.19. The lowest BCUT2D eigenvalue weighted by Crippen LogP contribution is -2.27. The number of unbranched alkanes of at least 4 members (excludes halogenated alkanes) is 1. The molecule has 0 bridgehead atoms. The number of nitrogens with one attached hydrogen (secondary N) is 1. The number of hydrogen-bond acceptors (Lipinski definition) is 6. The molecule has 10 heteroatoms. The third kappa shape index (κ3) is 5.00. The number of tetrazole rings is 1. The molecule has 5 aromatic rings. The molecule has 0 spiro atoms. The summed E-state index contributed by atoms with van der Waals surface area (Å²) in [7, 11) is 0. The first-order valence-electron chi connectivity index (χ1n) is 12.7. The molecule has 37 heavy (non-hydrogen) atoms. The molecule has 1 aromatic carbocycles.